The zero-order chi connectivity index (χ0) is 12.9. The van der Waals surface area contributed by atoms with Crippen molar-refractivity contribution < 1.29 is 0 Å². The van der Waals surface area contributed by atoms with Gasteiger partial charge in [-0.3, -0.25) is 0 Å². The van der Waals surface area contributed by atoms with Crippen LogP contribution in [0.4, 0.5) is 0 Å². The fourth-order valence-corrected chi connectivity index (χ4v) is 31.2. The summed E-state index contributed by atoms with van der Waals surface area (Å²) in [6.07, 6.45) is 0. The second kappa shape index (κ2) is 4.89. The Morgan fingerprint density at radius 1 is 0.812 bits per heavy atom. The van der Waals surface area contributed by atoms with Gasteiger partial charge >= 0.3 is 118 Å². The van der Waals surface area contributed by atoms with Gasteiger partial charge in [0.25, 0.3) is 0 Å². The second-order valence-electron chi connectivity index (χ2n) is 6.89. The Hall–Kier alpha value is 1.52. The van der Waals surface area contributed by atoms with Crippen molar-refractivity contribution in [3.63, 3.8) is 0 Å². The molecule has 0 N–H and O–H groups in total. The molecule has 2 radical (unpaired) electrons. The van der Waals surface area contributed by atoms with E-state index in [4.69, 9.17) is 0 Å². The van der Waals surface area contributed by atoms with Gasteiger partial charge in [0.15, 0.2) is 0 Å². The van der Waals surface area contributed by atoms with Crippen molar-refractivity contribution in [2.24, 2.45) is 0 Å². The molecule has 0 aromatic carbocycles. The first kappa shape index (κ1) is 15.6. The Morgan fingerprint density at radius 2 is 1.06 bits per heavy atom. The third kappa shape index (κ3) is 2.91. The summed E-state index contributed by atoms with van der Waals surface area (Å²) < 4.78 is 5.76. The van der Waals surface area contributed by atoms with Gasteiger partial charge in [-0.1, -0.05) is 0 Å². The molecule has 2 nitrogen and oxygen atoms in total. The monoisotopic (exact) mass is 438 g/mol. The summed E-state index contributed by atoms with van der Waals surface area (Å²) in [5, 5.41) is 0. The predicted octanol–water partition coefficient (Wildman–Crippen LogP) is 2.13. The van der Waals surface area contributed by atoms with Gasteiger partial charge in [-0.2, -0.15) is 0 Å². The van der Waals surface area contributed by atoms with E-state index in [0.717, 1.165) is 12.1 Å². The molecule has 0 unspecified atom stereocenters. The van der Waals surface area contributed by atoms with Gasteiger partial charge < -0.3 is 0 Å². The molecule has 0 aromatic heterocycles. The fraction of sp³-hybridized carbons (Fsp3) is 1.00. The molecule has 1 heterocycles. The molecule has 0 bridgehead atoms. The van der Waals surface area contributed by atoms with Crippen LogP contribution in [0.5, 0.6) is 0 Å². The molecule has 0 amide bonds. The molecule has 1 rings (SSSR count). The van der Waals surface area contributed by atoms with E-state index in [1.807, 2.05) is 0 Å². The van der Waals surface area contributed by atoms with Crippen LogP contribution >= 0.6 is 0 Å². The molecule has 4 heteroatoms. The van der Waals surface area contributed by atoms with E-state index in [2.05, 4.69) is 61.6 Å². The minimum atomic E-state index is -1.51. The normalized spacial score (nSPS) is 30.1. The van der Waals surface area contributed by atoms with Gasteiger partial charge in [0, 0.05) is 0 Å². The summed E-state index contributed by atoms with van der Waals surface area (Å²) in [4.78, 5) is 0. The molecule has 1 fully saturated rings. The van der Waals surface area contributed by atoms with Gasteiger partial charge in [0.2, 0.25) is 0 Å². The van der Waals surface area contributed by atoms with Crippen LogP contribution in [0, 0.1) is 0 Å². The second-order valence-corrected chi connectivity index (χ2v) is 20.0. The van der Waals surface area contributed by atoms with Gasteiger partial charge in [0.1, 0.15) is 0 Å². The molecule has 0 saturated carbocycles. The molecule has 0 aliphatic carbocycles. The Kier molecular flexibility index (Phi) is 4.76. The fourth-order valence-electron chi connectivity index (χ4n) is 2.79. The molecular weight excluding hydrogens is 410 g/mol. The summed E-state index contributed by atoms with van der Waals surface area (Å²) in [5.41, 5.74) is 0.706. The molecule has 1 saturated heterocycles. The van der Waals surface area contributed by atoms with Crippen molar-refractivity contribution in [2.45, 2.75) is 78.6 Å². The summed E-state index contributed by atoms with van der Waals surface area (Å²) >= 11 is 0.294. The zero-order valence-corrected chi connectivity index (χ0v) is 17.8. The quantitative estimate of drug-likeness (QED) is 0.538. The van der Waals surface area contributed by atoms with Gasteiger partial charge in [-0.15, -0.1) is 0 Å². The number of nitrogens with zero attached hydrogens (tertiary/aromatic N) is 2. The molecule has 1 aliphatic rings. The zero-order valence-electron chi connectivity index (χ0n) is 12.0. The molecule has 1 aliphatic heterocycles. The standard InChI is InChI=1S/C12H26N2.2Sn/c1-9(13-11(3,4)5)10(2)14-12(6,7)8;;/h9-10H,1-8H3;;/q-2;;+2/t9-,10-;;/m1../s1. The van der Waals surface area contributed by atoms with Crippen LogP contribution in [-0.2, 0) is 0 Å². The summed E-state index contributed by atoms with van der Waals surface area (Å²) in [6.45, 7) is 19.1. The Balaban J connectivity index is 3.09. The van der Waals surface area contributed by atoms with Gasteiger partial charge in [-0.25, -0.2) is 0 Å². The van der Waals surface area contributed by atoms with E-state index < -0.39 is 15.7 Å². The van der Waals surface area contributed by atoms with Crippen LogP contribution in [0.2, 0.25) is 0 Å². The summed E-state index contributed by atoms with van der Waals surface area (Å²) in [5.74, 6) is 0. The van der Waals surface area contributed by atoms with E-state index >= 15 is 0 Å². The Labute approximate surface area is 117 Å². The molecule has 92 valence electrons. The number of hydrogen-bond acceptors (Lipinski definition) is 2. The first-order chi connectivity index (χ1) is 6.98. The maximum absolute atomic E-state index is 2.88. The molecule has 0 spiro atoms. The summed E-state index contributed by atoms with van der Waals surface area (Å²) in [6, 6.07) is 1.46. The Morgan fingerprint density at radius 3 is 1.19 bits per heavy atom. The van der Waals surface area contributed by atoms with Crippen molar-refractivity contribution in [3.8, 4) is 0 Å². The van der Waals surface area contributed by atoms with E-state index in [0.29, 0.717) is 11.1 Å². The first-order valence-corrected chi connectivity index (χ1v) is 19.7. The molecular formula is C12H26N2Sn2. The third-order valence-corrected chi connectivity index (χ3v) is 21.4. The van der Waals surface area contributed by atoms with Crippen molar-refractivity contribution in [1.82, 2.24) is 6.24 Å². The van der Waals surface area contributed by atoms with Crippen molar-refractivity contribution in [1.29, 1.82) is 0 Å². The SMILES string of the molecule is C[C@@H]1[C@@H](C)[N](C(C)(C)C)[Sn](=[Sn])[N]1C(C)(C)C. The van der Waals surface area contributed by atoms with Crippen molar-refractivity contribution in [3.05, 3.63) is 0 Å². The Bertz CT molecular complexity index is 260. The minimum absolute atomic E-state index is 0.353. The summed E-state index contributed by atoms with van der Waals surface area (Å²) in [7, 11) is 0. The van der Waals surface area contributed by atoms with E-state index in [9.17, 15) is 0 Å². The average molecular weight is 436 g/mol. The van der Waals surface area contributed by atoms with Crippen LogP contribution in [-0.4, -0.2) is 63.1 Å². The topological polar surface area (TPSA) is 6.48 Å². The van der Waals surface area contributed by atoms with Crippen LogP contribution in [0.1, 0.15) is 55.4 Å². The van der Waals surface area contributed by atoms with E-state index in [-0.39, 0.29) is 0 Å². The van der Waals surface area contributed by atoms with E-state index in [1.54, 1.807) is 17.9 Å². The molecule has 0 aromatic rings. The van der Waals surface area contributed by atoms with Crippen LogP contribution in [0.3, 0.4) is 0 Å². The molecule has 2 atom stereocenters. The predicted molar refractivity (Wildman–Crippen MR) is 73.6 cm³/mol. The number of rotatable bonds is 0. The average Bonchev–Trinajstić information content (AvgIpc) is 2.19. The third-order valence-electron chi connectivity index (χ3n) is 3.41. The van der Waals surface area contributed by atoms with E-state index in [1.165, 1.54) is 0 Å². The first-order valence-electron chi connectivity index (χ1n) is 6.15. The number of hydrogen-bond donors (Lipinski definition) is 0. The van der Waals surface area contributed by atoms with Crippen LogP contribution < -0.4 is 0 Å². The van der Waals surface area contributed by atoms with Crippen molar-refractivity contribution >= 4 is 33.7 Å². The van der Waals surface area contributed by atoms with Gasteiger partial charge in [0.05, 0.1) is 0 Å². The van der Waals surface area contributed by atoms with Gasteiger partial charge in [-0.05, 0) is 0 Å². The van der Waals surface area contributed by atoms with Crippen LogP contribution in [0.15, 0.2) is 0 Å². The molecule has 16 heavy (non-hydrogen) atoms. The van der Waals surface area contributed by atoms with Crippen molar-refractivity contribution in [2.75, 3.05) is 0 Å². The van der Waals surface area contributed by atoms with Crippen LogP contribution in [0.25, 0.3) is 0 Å². The maximum atomic E-state index is 2.88.